The Balaban J connectivity index is 0.000000200. The zero-order chi connectivity index (χ0) is 52.0. The Morgan fingerprint density at radius 1 is 0.443 bits per heavy atom. The van der Waals surface area contributed by atoms with Crippen LogP contribution in [0.2, 0.25) is 10.3 Å². The molecule has 5 aromatic carbocycles. The van der Waals surface area contributed by atoms with E-state index < -0.39 is 37.5 Å². The van der Waals surface area contributed by atoms with Crippen LogP contribution >= 0.6 is 45.8 Å². The average Bonchev–Trinajstić information content (AvgIpc) is 3.23. The van der Waals surface area contributed by atoms with Crippen molar-refractivity contribution in [2.45, 2.75) is 62.3 Å². The van der Waals surface area contributed by atoms with Crippen LogP contribution in [0.4, 0.5) is 17.6 Å². The first-order chi connectivity index (χ1) is 32.9. The summed E-state index contributed by atoms with van der Waals surface area (Å²) >= 11 is 13.6. The summed E-state index contributed by atoms with van der Waals surface area (Å²) in [4.78, 5) is 12.0. The van der Waals surface area contributed by atoms with E-state index in [0.717, 1.165) is 55.1 Å². The van der Waals surface area contributed by atoms with Crippen LogP contribution in [-0.2, 0) is 0 Å². The van der Waals surface area contributed by atoms with Crippen LogP contribution in [-0.4, -0.2) is 49.3 Å². The molecule has 70 heavy (non-hydrogen) atoms. The van der Waals surface area contributed by atoms with Crippen molar-refractivity contribution in [2.75, 3.05) is 0 Å². The Bertz CT molecular complexity index is 2990. The molecule has 0 bridgehead atoms. The third kappa shape index (κ3) is 16.9. The molecule has 3 aromatic heterocycles. The zero-order valence-corrected chi connectivity index (χ0v) is 43.7. The van der Waals surface area contributed by atoms with Gasteiger partial charge in [-0.3, -0.25) is 4.98 Å². The first-order valence-corrected chi connectivity index (χ1v) is 23.5. The predicted octanol–water partition coefficient (Wildman–Crippen LogP) is 12.2. The van der Waals surface area contributed by atoms with Crippen LogP contribution in [0.5, 0.6) is 0 Å². The highest BCUT2D eigenvalue weighted by atomic mass is 127. The Hall–Kier alpha value is -5.45. The van der Waals surface area contributed by atoms with Crippen molar-refractivity contribution in [3.63, 3.8) is 0 Å². The first kappa shape index (κ1) is 57.1. The van der Waals surface area contributed by atoms with Crippen molar-refractivity contribution in [1.82, 2.24) is 15.0 Å². The van der Waals surface area contributed by atoms with Gasteiger partial charge in [-0.25, -0.2) is 27.5 Å². The average molecular weight is 1100 g/mol. The predicted molar refractivity (Wildman–Crippen MR) is 287 cm³/mol. The van der Waals surface area contributed by atoms with E-state index >= 15 is 0 Å². The van der Waals surface area contributed by atoms with E-state index in [1.54, 1.807) is 18.6 Å². The summed E-state index contributed by atoms with van der Waals surface area (Å²) < 4.78 is 53.0. The van der Waals surface area contributed by atoms with E-state index in [1.165, 1.54) is 51.1 Å². The fourth-order valence-corrected chi connectivity index (χ4v) is 8.94. The molecule has 0 spiro atoms. The smallest absolute Gasteiger partial charge is 0.423 e. The Labute approximate surface area is 431 Å². The molecule has 0 aliphatic rings. The molecule has 0 aliphatic carbocycles. The number of nitrogens with zero attached hydrogens (tertiary/aromatic N) is 3. The molecule has 0 unspecified atom stereocenters. The van der Waals surface area contributed by atoms with Gasteiger partial charge in [0, 0.05) is 45.3 Å². The lowest BCUT2D eigenvalue weighted by atomic mass is 9.74. The molecule has 0 fully saturated rings. The molecule has 362 valence electrons. The molecule has 8 aromatic rings. The van der Waals surface area contributed by atoms with E-state index in [1.807, 2.05) is 69.3 Å². The molecule has 7 nitrogen and oxygen atoms in total. The zero-order valence-electron chi connectivity index (χ0n) is 40.1. The number of aromatic nitrogens is 3. The number of aryl methyl sites for hydroxylation is 9. The maximum Gasteiger partial charge on any atom is 0.491 e. The lowest BCUT2D eigenvalue weighted by molar-refractivity contribution is 0.422. The summed E-state index contributed by atoms with van der Waals surface area (Å²) in [5.74, 6) is -2.90. The number of hydrogen-bond donors (Lipinski definition) is 4. The van der Waals surface area contributed by atoms with Gasteiger partial charge in [-0.1, -0.05) is 93.5 Å². The summed E-state index contributed by atoms with van der Waals surface area (Å²) in [5, 5.41) is 36.1. The normalized spacial score (nSPS) is 10.3. The van der Waals surface area contributed by atoms with Gasteiger partial charge < -0.3 is 20.1 Å². The maximum absolute atomic E-state index is 14.0. The lowest BCUT2D eigenvalue weighted by Crippen LogP contribution is -2.34. The van der Waals surface area contributed by atoms with Gasteiger partial charge in [-0.2, -0.15) is 0 Å². The highest BCUT2D eigenvalue weighted by molar-refractivity contribution is 14.1. The summed E-state index contributed by atoms with van der Waals surface area (Å²) in [7, 11) is -3.25. The number of benzene rings is 5. The van der Waals surface area contributed by atoms with Gasteiger partial charge in [0.25, 0.3) is 0 Å². The molecule has 16 heteroatoms. The van der Waals surface area contributed by atoms with Crippen molar-refractivity contribution in [3.05, 3.63) is 215 Å². The minimum Gasteiger partial charge on any atom is -0.423 e. The van der Waals surface area contributed by atoms with Crippen molar-refractivity contribution < 1.29 is 37.7 Å². The van der Waals surface area contributed by atoms with Crippen LogP contribution in [0.3, 0.4) is 0 Å². The Morgan fingerprint density at radius 3 is 1.26 bits per heavy atom. The van der Waals surface area contributed by atoms with Crippen LogP contribution in [0.1, 0.15) is 50.1 Å². The fourth-order valence-electron chi connectivity index (χ4n) is 7.95. The SMILES string of the molecule is Cc1cc(C)c(-c2ccnc(-c3ccc(F)cc3F)c2)c(C)c1.Cc1cc(C)c(-c2ccnc(Cl)c2)c(C)c1.Cc1cc(C)c(B(O)O)c(C)c1.Clc1cc(I)ccn1.OB(O)c1ccc(F)cc1F. The van der Waals surface area contributed by atoms with Gasteiger partial charge in [0.05, 0.1) is 5.69 Å². The van der Waals surface area contributed by atoms with Crippen LogP contribution in [0, 0.1) is 89.2 Å². The van der Waals surface area contributed by atoms with Crippen molar-refractivity contribution in [1.29, 1.82) is 0 Å². The highest BCUT2D eigenvalue weighted by Crippen LogP contribution is 2.32. The molecule has 0 atom stereocenters. The Morgan fingerprint density at radius 2 is 0.857 bits per heavy atom. The second-order valence-electron chi connectivity index (χ2n) is 16.5. The summed E-state index contributed by atoms with van der Waals surface area (Å²) in [6.45, 7) is 18.3. The molecular formula is C54H52B2Cl2F4IN3O4. The summed E-state index contributed by atoms with van der Waals surface area (Å²) in [6, 6.07) is 30.0. The van der Waals surface area contributed by atoms with E-state index in [0.29, 0.717) is 33.1 Å². The third-order valence-electron chi connectivity index (χ3n) is 10.6. The number of halogens is 7. The van der Waals surface area contributed by atoms with Gasteiger partial charge in [0.1, 0.15) is 33.6 Å². The molecule has 3 heterocycles. The second kappa shape index (κ2) is 26.7. The molecule has 0 radical (unpaired) electrons. The Kier molecular flexibility index (Phi) is 21.8. The second-order valence-corrected chi connectivity index (χ2v) is 18.5. The number of hydrogen-bond acceptors (Lipinski definition) is 7. The van der Waals surface area contributed by atoms with Crippen LogP contribution < -0.4 is 10.9 Å². The molecule has 4 N–H and O–H groups in total. The molecule has 0 amide bonds. The summed E-state index contributed by atoms with van der Waals surface area (Å²) in [6.07, 6.45) is 5.09. The van der Waals surface area contributed by atoms with Crippen molar-refractivity contribution in [3.8, 4) is 33.5 Å². The van der Waals surface area contributed by atoms with E-state index in [4.69, 9.17) is 43.3 Å². The number of pyridine rings is 3. The highest BCUT2D eigenvalue weighted by Gasteiger charge is 2.18. The van der Waals surface area contributed by atoms with Crippen LogP contribution in [0.15, 0.2) is 128 Å². The van der Waals surface area contributed by atoms with Gasteiger partial charge >= 0.3 is 14.2 Å². The quantitative estimate of drug-likeness (QED) is 0.0586. The van der Waals surface area contributed by atoms with Crippen LogP contribution in [0.25, 0.3) is 33.5 Å². The minimum absolute atomic E-state index is 0.302. The summed E-state index contributed by atoms with van der Waals surface area (Å²) in [5.41, 5.74) is 16.0. The van der Waals surface area contributed by atoms with Gasteiger partial charge in [-0.15, -0.1) is 0 Å². The lowest BCUT2D eigenvalue weighted by Gasteiger charge is -2.13. The molecule has 0 saturated carbocycles. The van der Waals surface area contributed by atoms with Gasteiger partial charge in [0.15, 0.2) is 0 Å². The monoisotopic (exact) mass is 1100 g/mol. The fraction of sp³-hybridized carbons (Fsp3) is 0.167. The molecule has 8 rings (SSSR count). The molecular weight excluding hydrogens is 1050 g/mol. The molecule has 0 aliphatic heterocycles. The topological polar surface area (TPSA) is 120 Å². The van der Waals surface area contributed by atoms with Gasteiger partial charge in [-0.05, 0) is 189 Å². The van der Waals surface area contributed by atoms with Crippen molar-refractivity contribution >= 4 is 71.0 Å². The van der Waals surface area contributed by atoms with E-state index in [9.17, 15) is 17.6 Å². The maximum atomic E-state index is 14.0. The largest absolute Gasteiger partial charge is 0.491 e. The van der Waals surface area contributed by atoms with Crippen molar-refractivity contribution in [2.24, 2.45) is 0 Å². The standard InChI is InChI=1S/C20H17F2N.C14H14ClN.C9H13BO2.C6H5BF2O2.C5H3ClIN/c1-12-8-13(2)20(14(3)9-12)15-6-7-23-19(10-15)17-5-4-16(21)11-18(17)22;1-9-6-10(2)14(11(3)7-9)12-4-5-16-13(15)8-12;1-6-4-7(2)9(10(11)12)8(3)5-6;8-4-1-2-5(7(10)11)6(9)3-4;6-5-3-4(7)1-2-8-5/h4-11H,1-3H3;4-8H,1-3H3;4-5,11-12H,1-3H3;1-3,10-11H;1-3H. The van der Waals surface area contributed by atoms with Gasteiger partial charge in [0.2, 0.25) is 0 Å². The minimum atomic E-state index is -1.89. The van der Waals surface area contributed by atoms with E-state index in [-0.39, 0.29) is 5.46 Å². The third-order valence-corrected chi connectivity index (χ3v) is 11.6. The first-order valence-electron chi connectivity index (χ1n) is 21.7. The van der Waals surface area contributed by atoms with E-state index in [2.05, 4.69) is 103 Å². The molecule has 0 saturated heterocycles. The number of rotatable bonds is 5.